The number of hydrogen-bond acceptors (Lipinski definition) is 7. The van der Waals surface area contributed by atoms with Crippen LogP contribution in [0.5, 0.6) is 0 Å². The number of aromatic amines is 1. The van der Waals surface area contributed by atoms with Crippen molar-refractivity contribution in [2.45, 2.75) is 18.1 Å². The average Bonchev–Trinajstić information content (AvgIpc) is 3.10. The van der Waals surface area contributed by atoms with E-state index in [0.717, 1.165) is 16.9 Å². The summed E-state index contributed by atoms with van der Waals surface area (Å²) in [6.45, 7) is 1.27. The zero-order valence-electron chi connectivity index (χ0n) is 14.9. The van der Waals surface area contributed by atoms with Crippen LogP contribution in [0.15, 0.2) is 36.7 Å². The fourth-order valence-corrected chi connectivity index (χ4v) is 3.83. The molecule has 2 atom stereocenters. The molecule has 0 bridgehead atoms. The van der Waals surface area contributed by atoms with Gasteiger partial charge in [-0.25, -0.2) is 4.98 Å². The predicted octanol–water partition coefficient (Wildman–Crippen LogP) is 0.963. The third-order valence-electron chi connectivity index (χ3n) is 5.19. The Morgan fingerprint density at radius 2 is 2.04 bits per heavy atom. The first kappa shape index (κ1) is 16.7. The lowest BCUT2D eigenvalue weighted by molar-refractivity contribution is -0.0527. The molecule has 1 saturated heterocycles. The van der Waals surface area contributed by atoms with Gasteiger partial charge in [0.2, 0.25) is 5.95 Å². The fourth-order valence-electron chi connectivity index (χ4n) is 3.83. The molecule has 8 heteroatoms. The van der Waals surface area contributed by atoms with Crippen molar-refractivity contribution in [3.63, 3.8) is 0 Å². The summed E-state index contributed by atoms with van der Waals surface area (Å²) in [5, 5.41) is 11.5. The number of likely N-dealkylation sites (N-methyl/N-ethyl adjacent to an activating group) is 1. The zero-order valence-corrected chi connectivity index (χ0v) is 14.9. The Bertz CT molecular complexity index is 910. The van der Waals surface area contributed by atoms with Crippen molar-refractivity contribution in [1.29, 1.82) is 0 Å². The van der Waals surface area contributed by atoms with Crippen molar-refractivity contribution in [1.82, 2.24) is 24.8 Å². The number of anilines is 2. The average molecular weight is 353 g/mol. The zero-order chi connectivity index (χ0) is 18.3. The van der Waals surface area contributed by atoms with E-state index in [2.05, 4.69) is 29.7 Å². The second-order valence-corrected chi connectivity index (χ2v) is 6.97. The maximum atomic E-state index is 11.5. The van der Waals surface area contributed by atoms with Crippen LogP contribution in [-0.2, 0) is 5.60 Å². The Balaban J connectivity index is 1.72. The van der Waals surface area contributed by atoms with E-state index in [1.807, 2.05) is 44.4 Å². The number of imidazole rings is 1. The van der Waals surface area contributed by atoms with Crippen LogP contribution in [0, 0.1) is 0 Å². The van der Waals surface area contributed by atoms with Gasteiger partial charge in [-0.15, -0.1) is 0 Å². The van der Waals surface area contributed by atoms with Gasteiger partial charge >= 0.3 is 0 Å². The highest BCUT2D eigenvalue weighted by atomic mass is 16.3. The lowest BCUT2D eigenvalue weighted by atomic mass is 9.80. The number of H-pyrrole nitrogens is 1. The summed E-state index contributed by atoms with van der Waals surface area (Å²) >= 11 is 0. The Kier molecular flexibility index (Phi) is 4.01. The van der Waals surface area contributed by atoms with Gasteiger partial charge in [0.15, 0.2) is 11.5 Å². The van der Waals surface area contributed by atoms with Crippen LogP contribution < -0.4 is 10.6 Å². The molecule has 3 aromatic rings. The van der Waals surface area contributed by atoms with Gasteiger partial charge in [0.25, 0.3) is 0 Å². The minimum Gasteiger partial charge on any atom is -0.383 e. The van der Waals surface area contributed by atoms with Gasteiger partial charge in [0.05, 0.1) is 12.4 Å². The van der Waals surface area contributed by atoms with E-state index in [1.54, 1.807) is 6.33 Å². The van der Waals surface area contributed by atoms with Crippen LogP contribution in [0.3, 0.4) is 0 Å². The van der Waals surface area contributed by atoms with E-state index < -0.39 is 5.60 Å². The molecule has 1 fully saturated rings. The second-order valence-electron chi connectivity index (χ2n) is 6.97. The van der Waals surface area contributed by atoms with Gasteiger partial charge in [-0.3, -0.25) is 0 Å². The van der Waals surface area contributed by atoms with Crippen LogP contribution in [0.1, 0.15) is 12.0 Å². The monoisotopic (exact) mass is 353 g/mol. The molecule has 0 spiro atoms. The highest BCUT2D eigenvalue weighted by Gasteiger charge is 2.44. The number of hydrogen-bond donors (Lipinski definition) is 3. The van der Waals surface area contributed by atoms with E-state index >= 15 is 0 Å². The lowest BCUT2D eigenvalue weighted by Crippen LogP contribution is -2.59. The number of rotatable bonds is 3. The molecule has 2 aromatic heterocycles. The van der Waals surface area contributed by atoms with Gasteiger partial charge in [0, 0.05) is 13.1 Å². The lowest BCUT2D eigenvalue weighted by Gasteiger charge is -2.48. The minimum atomic E-state index is -0.924. The number of aromatic nitrogens is 4. The normalized spacial score (nSPS) is 23.7. The van der Waals surface area contributed by atoms with Gasteiger partial charge in [-0.1, -0.05) is 30.3 Å². The van der Waals surface area contributed by atoms with Crippen molar-refractivity contribution in [2.75, 3.05) is 37.8 Å². The molecular formula is C18H23N7O. The molecular weight excluding hydrogens is 330 g/mol. The van der Waals surface area contributed by atoms with E-state index in [0.29, 0.717) is 25.2 Å². The minimum absolute atomic E-state index is 0.104. The summed E-state index contributed by atoms with van der Waals surface area (Å²) in [6.07, 6.45) is 2.18. The second kappa shape index (κ2) is 6.22. The fraction of sp³-hybridized carbons (Fsp3) is 0.389. The number of nitrogen functional groups attached to an aromatic ring is 1. The molecule has 0 aliphatic carbocycles. The van der Waals surface area contributed by atoms with Crippen molar-refractivity contribution < 1.29 is 5.11 Å². The van der Waals surface area contributed by atoms with Crippen LogP contribution in [-0.4, -0.2) is 63.2 Å². The number of fused-ring (bicyclic) bond motifs is 1. The molecule has 3 heterocycles. The van der Waals surface area contributed by atoms with Crippen molar-refractivity contribution in [3.8, 4) is 0 Å². The van der Waals surface area contributed by atoms with Gasteiger partial charge in [-0.05, 0) is 26.1 Å². The SMILES string of the molecule is CN(C)[C@@H]1CN(c2nc(N)nc3nc[nH]c23)CC[C@]1(O)c1ccccc1. The number of nitrogens with zero attached hydrogens (tertiary/aromatic N) is 5. The van der Waals surface area contributed by atoms with Gasteiger partial charge in [-0.2, -0.15) is 9.97 Å². The first-order valence-corrected chi connectivity index (χ1v) is 8.65. The number of piperidine rings is 1. The summed E-state index contributed by atoms with van der Waals surface area (Å²) in [7, 11) is 3.98. The molecule has 4 N–H and O–H groups in total. The van der Waals surface area contributed by atoms with Crippen molar-refractivity contribution >= 4 is 22.9 Å². The number of benzene rings is 1. The molecule has 1 aliphatic rings. The first-order valence-electron chi connectivity index (χ1n) is 8.65. The van der Waals surface area contributed by atoms with Crippen molar-refractivity contribution in [3.05, 3.63) is 42.2 Å². The van der Waals surface area contributed by atoms with Crippen LogP contribution in [0.25, 0.3) is 11.2 Å². The summed E-state index contributed by atoms with van der Waals surface area (Å²) < 4.78 is 0. The standard InChI is InChI=1S/C18H23N7O/c1-24(2)13-10-25(9-8-18(13,26)12-6-4-3-5-7-12)16-14-15(21-11-20-14)22-17(19)23-16/h3-7,11,13,26H,8-10H2,1-2H3,(H3,19,20,21,22,23)/t13-,18+/m1/s1. The Morgan fingerprint density at radius 1 is 1.27 bits per heavy atom. The van der Waals surface area contributed by atoms with E-state index in [4.69, 9.17) is 5.73 Å². The van der Waals surface area contributed by atoms with Crippen LogP contribution in [0.4, 0.5) is 11.8 Å². The van der Waals surface area contributed by atoms with Crippen LogP contribution >= 0.6 is 0 Å². The highest BCUT2D eigenvalue weighted by Crippen LogP contribution is 2.37. The molecule has 1 aliphatic heterocycles. The molecule has 4 rings (SSSR count). The molecule has 0 amide bonds. The third-order valence-corrected chi connectivity index (χ3v) is 5.19. The quantitative estimate of drug-likeness (QED) is 0.644. The summed E-state index contributed by atoms with van der Waals surface area (Å²) in [5.74, 6) is 0.928. The van der Waals surface area contributed by atoms with E-state index in [9.17, 15) is 5.11 Å². The van der Waals surface area contributed by atoms with Crippen LogP contribution in [0.2, 0.25) is 0 Å². The van der Waals surface area contributed by atoms with Gasteiger partial charge < -0.3 is 25.6 Å². The Morgan fingerprint density at radius 3 is 2.77 bits per heavy atom. The van der Waals surface area contributed by atoms with Gasteiger partial charge in [0.1, 0.15) is 11.1 Å². The smallest absolute Gasteiger partial charge is 0.224 e. The molecule has 1 aromatic carbocycles. The Hall–Kier alpha value is -2.71. The van der Waals surface area contributed by atoms with Crippen molar-refractivity contribution in [2.24, 2.45) is 0 Å². The maximum Gasteiger partial charge on any atom is 0.224 e. The largest absolute Gasteiger partial charge is 0.383 e. The number of nitrogens with two attached hydrogens (primary N) is 1. The molecule has 0 saturated carbocycles. The molecule has 0 unspecified atom stereocenters. The number of aliphatic hydroxyl groups is 1. The highest BCUT2D eigenvalue weighted by molar-refractivity contribution is 5.84. The molecule has 8 nitrogen and oxygen atoms in total. The summed E-state index contributed by atoms with van der Waals surface area (Å²) in [6, 6.07) is 9.76. The Labute approximate surface area is 151 Å². The topological polar surface area (TPSA) is 107 Å². The third kappa shape index (κ3) is 2.67. The summed E-state index contributed by atoms with van der Waals surface area (Å²) in [4.78, 5) is 20.1. The van der Waals surface area contributed by atoms with E-state index in [1.165, 1.54) is 0 Å². The molecule has 136 valence electrons. The molecule has 0 radical (unpaired) electrons. The number of nitrogens with one attached hydrogen (secondary N) is 1. The molecule has 26 heavy (non-hydrogen) atoms. The first-order chi connectivity index (χ1) is 12.5. The predicted molar refractivity (Wildman–Crippen MR) is 101 cm³/mol. The maximum absolute atomic E-state index is 11.5. The van der Waals surface area contributed by atoms with E-state index in [-0.39, 0.29) is 12.0 Å². The summed E-state index contributed by atoms with van der Waals surface area (Å²) in [5.41, 5.74) is 7.20.